The topological polar surface area (TPSA) is 95.4 Å². The first-order valence-corrected chi connectivity index (χ1v) is 14.3. The molecule has 2 N–H and O–H groups in total. The maximum atomic E-state index is 13.0. The lowest BCUT2D eigenvalue weighted by molar-refractivity contribution is -0.120. The molecule has 2 aromatic rings. The summed E-state index contributed by atoms with van der Waals surface area (Å²) in [6.07, 6.45) is 11.4. The Balaban J connectivity index is 1.07. The number of piperidine rings is 1. The minimum absolute atomic E-state index is 0.0325. The molecular weight excluding hydrogens is 486 g/mol. The zero-order valence-electron chi connectivity index (χ0n) is 23.2. The van der Waals surface area contributed by atoms with E-state index in [2.05, 4.69) is 46.4 Å². The summed E-state index contributed by atoms with van der Waals surface area (Å²) in [4.78, 5) is 19.7. The molecular formula is C32H40N5O2-. The zero-order valence-corrected chi connectivity index (χ0v) is 23.2. The summed E-state index contributed by atoms with van der Waals surface area (Å²) in [5.41, 5.74) is 5.31. The van der Waals surface area contributed by atoms with E-state index in [1.807, 2.05) is 25.1 Å². The number of anilines is 1. The van der Waals surface area contributed by atoms with Crippen molar-refractivity contribution < 1.29 is 4.79 Å². The van der Waals surface area contributed by atoms with Crippen molar-refractivity contribution in [1.82, 2.24) is 14.9 Å². The Morgan fingerprint density at radius 3 is 2.69 bits per heavy atom. The lowest BCUT2D eigenvalue weighted by Crippen LogP contribution is -2.39. The molecule has 1 aromatic heterocycles. The molecule has 3 heterocycles. The van der Waals surface area contributed by atoms with Crippen LogP contribution in [0.5, 0.6) is 0 Å². The van der Waals surface area contributed by atoms with Gasteiger partial charge in [0, 0.05) is 30.6 Å². The van der Waals surface area contributed by atoms with Crippen LogP contribution in [0, 0.1) is 23.5 Å². The van der Waals surface area contributed by atoms with Crippen LogP contribution in [-0.2, 0) is 16.6 Å². The number of fused-ring (bicyclic) bond motifs is 2. The Hall–Kier alpha value is -3.13. The first-order chi connectivity index (χ1) is 18.9. The second-order valence-electron chi connectivity index (χ2n) is 11.5. The molecule has 1 saturated heterocycles. The van der Waals surface area contributed by atoms with Gasteiger partial charge in [0.1, 0.15) is 5.82 Å². The third-order valence-electron chi connectivity index (χ3n) is 8.77. The Labute approximate surface area is 232 Å². The molecule has 1 spiro atoms. The fraction of sp³-hybridized carbons (Fsp3) is 0.469. The van der Waals surface area contributed by atoms with Gasteiger partial charge >= 0.3 is 0 Å². The molecule has 3 aliphatic rings. The molecule has 7 heteroatoms. The van der Waals surface area contributed by atoms with E-state index in [1.54, 1.807) is 12.3 Å². The lowest BCUT2D eigenvalue weighted by Gasteiger charge is -2.35. The Kier molecular flexibility index (Phi) is 8.40. The molecule has 7 nitrogen and oxygen atoms in total. The minimum Gasteiger partial charge on any atom is -0.785 e. The molecule has 1 aromatic carbocycles. The van der Waals surface area contributed by atoms with Crippen molar-refractivity contribution in [2.45, 2.75) is 57.8 Å². The van der Waals surface area contributed by atoms with Gasteiger partial charge in [-0.3, -0.25) is 4.79 Å². The van der Waals surface area contributed by atoms with Gasteiger partial charge in [-0.25, -0.2) is 4.98 Å². The SMILES string of the molecule is C/C=C1/CC2(C/C1=C/C(=N)CN([O-])CCN1CCC(CCc3ccc(C)cc3)CC1)C(=O)Nc1ncccc12. The van der Waals surface area contributed by atoms with E-state index in [-0.39, 0.29) is 18.2 Å². The molecule has 1 unspecified atom stereocenters. The highest BCUT2D eigenvalue weighted by atomic mass is 16.5. The highest BCUT2D eigenvalue weighted by Gasteiger charge is 2.52. The second kappa shape index (κ2) is 11.9. The molecule has 1 saturated carbocycles. The van der Waals surface area contributed by atoms with Crippen molar-refractivity contribution in [2.75, 3.05) is 38.0 Å². The van der Waals surface area contributed by atoms with Crippen LogP contribution in [0.25, 0.3) is 0 Å². The van der Waals surface area contributed by atoms with Crippen molar-refractivity contribution in [3.05, 3.63) is 87.8 Å². The van der Waals surface area contributed by atoms with Gasteiger partial charge in [-0.2, -0.15) is 0 Å². The van der Waals surface area contributed by atoms with Crippen LogP contribution >= 0.6 is 0 Å². The maximum absolute atomic E-state index is 13.0. The number of aromatic nitrogens is 1. The number of hydroxylamine groups is 2. The fourth-order valence-electron chi connectivity index (χ4n) is 6.36. The van der Waals surface area contributed by atoms with Crippen LogP contribution in [0.1, 0.15) is 55.7 Å². The van der Waals surface area contributed by atoms with Gasteiger partial charge in [0.25, 0.3) is 0 Å². The minimum atomic E-state index is -0.666. The normalized spacial score (nSPS) is 23.7. The summed E-state index contributed by atoms with van der Waals surface area (Å²) >= 11 is 0. The van der Waals surface area contributed by atoms with E-state index in [9.17, 15) is 10.0 Å². The monoisotopic (exact) mass is 526 g/mol. The van der Waals surface area contributed by atoms with Crippen LogP contribution in [0.4, 0.5) is 5.82 Å². The van der Waals surface area contributed by atoms with Gasteiger partial charge in [0.15, 0.2) is 0 Å². The number of hydrogen-bond acceptors (Lipinski definition) is 6. The summed E-state index contributed by atoms with van der Waals surface area (Å²) in [7, 11) is 0. The van der Waals surface area contributed by atoms with Crippen molar-refractivity contribution in [3.8, 4) is 0 Å². The number of carbonyl (C=O) groups excluding carboxylic acids is 1. The summed E-state index contributed by atoms with van der Waals surface area (Å²) in [5, 5.41) is 25.1. The first kappa shape index (κ1) is 27.4. The van der Waals surface area contributed by atoms with Gasteiger partial charge in [-0.15, -0.1) is 0 Å². The number of carbonyl (C=O) groups is 1. The second-order valence-corrected chi connectivity index (χ2v) is 11.5. The molecule has 2 aliphatic heterocycles. The van der Waals surface area contributed by atoms with E-state index in [0.29, 0.717) is 25.2 Å². The standard InChI is InChI=1S/C32H40N5O2/c1-3-26-20-32(29-5-4-14-34-30(29)35-31(32)38)21-27(26)19-28(33)22-37(39)18-17-36-15-12-25(13-16-36)11-10-24-8-6-23(2)7-9-24/h3-9,14,19,25,33H,10-13,15-18,20-22H2,1-2H3,(H,34,35,38)/q-1/b26-3-,27-19-,33-28?. The average molecular weight is 527 g/mol. The van der Waals surface area contributed by atoms with Crippen LogP contribution in [0.15, 0.2) is 65.9 Å². The molecule has 39 heavy (non-hydrogen) atoms. The Bertz CT molecular complexity index is 1260. The van der Waals surface area contributed by atoms with E-state index < -0.39 is 5.41 Å². The number of allylic oxidation sites excluding steroid dienone is 3. The van der Waals surface area contributed by atoms with Gasteiger partial charge in [-0.05, 0) is 107 Å². The summed E-state index contributed by atoms with van der Waals surface area (Å²) in [6.45, 7) is 7.38. The third-order valence-corrected chi connectivity index (χ3v) is 8.77. The van der Waals surface area contributed by atoms with Crippen molar-refractivity contribution in [3.63, 3.8) is 0 Å². The largest absolute Gasteiger partial charge is 0.785 e. The Morgan fingerprint density at radius 2 is 1.95 bits per heavy atom. The lowest BCUT2D eigenvalue weighted by atomic mass is 9.80. The summed E-state index contributed by atoms with van der Waals surface area (Å²) in [6, 6.07) is 12.7. The van der Waals surface area contributed by atoms with Crippen molar-refractivity contribution in [1.29, 1.82) is 5.41 Å². The van der Waals surface area contributed by atoms with Crippen molar-refractivity contribution in [2.24, 2.45) is 5.92 Å². The zero-order chi connectivity index (χ0) is 27.4. The summed E-state index contributed by atoms with van der Waals surface area (Å²) < 4.78 is 0. The maximum Gasteiger partial charge on any atom is 0.237 e. The van der Waals surface area contributed by atoms with Crippen LogP contribution in [0.3, 0.4) is 0 Å². The van der Waals surface area contributed by atoms with Gasteiger partial charge in [-0.1, -0.05) is 42.0 Å². The highest BCUT2D eigenvalue weighted by molar-refractivity contribution is 6.07. The number of rotatable bonds is 9. The number of aryl methyl sites for hydroxylation is 2. The Morgan fingerprint density at radius 1 is 1.21 bits per heavy atom. The molecule has 1 atom stereocenters. The summed E-state index contributed by atoms with van der Waals surface area (Å²) in [5.74, 6) is 1.36. The average Bonchev–Trinajstić information content (AvgIpc) is 3.44. The van der Waals surface area contributed by atoms with E-state index in [4.69, 9.17) is 5.41 Å². The van der Waals surface area contributed by atoms with Gasteiger partial charge in [0.2, 0.25) is 5.91 Å². The molecule has 0 radical (unpaired) electrons. The highest BCUT2D eigenvalue weighted by Crippen LogP contribution is 2.52. The van der Waals surface area contributed by atoms with Crippen molar-refractivity contribution >= 4 is 17.4 Å². The van der Waals surface area contributed by atoms with E-state index in [1.165, 1.54) is 30.4 Å². The third kappa shape index (κ3) is 6.21. The van der Waals surface area contributed by atoms with Gasteiger partial charge in [0.05, 0.1) is 5.41 Å². The number of amides is 1. The number of nitrogens with zero attached hydrogens (tertiary/aromatic N) is 3. The predicted octanol–water partition coefficient (Wildman–Crippen LogP) is 5.41. The molecule has 206 valence electrons. The molecule has 2 fully saturated rings. The van der Waals surface area contributed by atoms with Gasteiger partial charge < -0.3 is 25.9 Å². The number of pyridine rings is 1. The van der Waals surface area contributed by atoms with Crippen LogP contribution in [0.2, 0.25) is 0 Å². The fourth-order valence-corrected chi connectivity index (χ4v) is 6.36. The number of likely N-dealkylation sites (tertiary alicyclic amines) is 1. The van der Waals surface area contributed by atoms with Crippen LogP contribution < -0.4 is 5.32 Å². The number of hydrogen-bond donors (Lipinski definition) is 2. The smallest absolute Gasteiger partial charge is 0.237 e. The predicted molar refractivity (Wildman–Crippen MR) is 157 cm³/mol. The van der Waals surface area contributed by atoms with Crippen LogP contribution in [-0.4, -0.2) is 59.3 Å². The molecule has 0 bridgehead atoms. The molecule has 1 amide bonds. The number of nitrogens with one attached hydrogen (secondary N) is 2. The van der Waals surface area contributed by atoms with E-state index >= 15 is 0 Å². The molecule has 5 rings (SSSR count). The first-order valence-electron chi connectivity index (χ1n) is 14.3. The quantitative estimate of drug-likeness (QED) is 0.336. The number of benzene rings is 1. The molecule has 1 aliphatic carbocycles. The van der Waals surface area contributed by atoms with E-state index in [0.717, 1.165) is 53.7 Å².